The lowest BCUT2D eigenvalue weighted by atomic mass is 9.98. The first-order chi connectivity index (χ1) is 16.6. The number of nitrogen functional groups attached to an aromatic ring is 1. The van der Waals surface area contributed by atoms with Crippen molar-refractivity contribution < 1.29 is 34.9 Å². The molecule has 0 saturated heterocycles. The van der Waals surface area contributed by atoms with Crippen molar-refractivity contribution in [2.45, 2.75) is 24.6 Å². The van der Waals surface area contributed by atoms with E-state index in [2.05, 4.69) is 63.2 Å². The summed E-state index contributed by atoms with van der Waals surface area (Å²) in [5.41, 5.74) is 11.0. The monoisotopic (exact) mass is 611 g/mol. The fourth-order valence-electron chi connectivity index (χ4n) is 3.71. The van der Waals surface area contributed by atoms with Crippen molar-refractivity contribution in [2.24, 2.45) is 0 Å². The number of Topliss-reactive ketones (excluding diaryl/α,β-unsaturated/α-hetero) is 1. The molecule has 0 bridgehead atoms. The van der Waals surface area contributed by atoms with E-state index in [9.17, 15) is 14.4 Å². The second kappa shape index (κ2) is 10.1. The first-order valence-corrected chi connectivity index (χ1v) is 12.1. The summed E-state index contributed by atoms with van der Waals surface area (Å²) in [6, 6.07) is 5.00. The van der Waals surface area contributed by atoms with Crippen molar-refractivity contribution in [3.63, 3.8) is 0 Å². The number of ether oxygens (including phenoxy) is 1. The molecular weight excluding hydrogens is 590 g/mol. The van der Waals surface area contributed by atoms with Crippen LogP contribution in [0.1, 0.15) is 39.1 Å². The van der Waals surface area contributed by atoms with Crippen molar-refractivity contribution in [1.29, 1.82) is 0 Å². The van der Waals surface area contributed by atoms with Crippen LogP contribution in [0.2, 0.25) is 0 Å². The summed E-state index contributed by atoms with van der Waals surface area (Å²) < 4.78 is 7.57. The average Bonchev–Trinajstić information content (AvgIpc) is 3.41. The Morgan fingerprint density at radius 1 is 1.29 bits per heavy atom. The topological polar surface area (TPSA) is 204 Å². The predicted molar refractivity (Wildman–Crippen MR) is 131 cm³/mol. The van der Waals surface area contributed by atoms with Gasteiger partial charge in [-0.3, -0.25) is 15.3 Å². The molecule has 0 radical (unpaired) electrons. The molecule has 3 heterocycles. The van der Waals surface area contributed by atoms with Crippen LogP contribution in [0.15, 0.2) is 39.5 Å². The molecule has 1 aliphatic rings. The van der Waals surface area contributed by atoms with Gasteiger partial charge in [0.15, 0.2) is 23.6 Å². The Labute approximate surface area is 215 Å². The molecule has 1 amide bonds. The number of carbonyl (C=O) groups is 3. The molecule has 1 aliphatic heterocycles. The lowest BCUT2D eigenvalue weighted by molar-refractivity contribution is -0.405. The number of hydrogen-bond acceptors (Lipinski definition) is 6. The third kappa shape index (κ3) is 5.33. The SMILES string of the molecule is Nc1[nH]c([C@@H]2Oc3cccc(C(=O)C[C@H]([NH3+])C(=O)O)c3N[C@@H]2CNC(=O)c2cc(Br)c(Br)[nH]2)c[nH+]1. The van der Waals surface area contributed by atoms with Crippen molar-refractivity contribution in [3.05, 3.63) is 56.5 Å². The number of aromatic amines is 3. The highest BCUT2D eigenvalue weighted by Gasteiger charge is 2.36. The molecular formula is C21H23Br2N7O5+2. The van der Waals surface area contributed by atoms with Gasteiger partial charge in [0, 0.05) is 12.1 Å². The number of carbonyl (C=O) groups excluding carboxylic acids is 2. The molecule has 0 aliphatic carbocycles. The molecule has 0 spiro atoms. The van der Waals surface area contributed by atoms with E-state index in [0.717, 1.165) is 0 Å². The number of hydrogen-bond donors (Lipinski definition) is 7. The third-order valence-electron chi connectivity index (χ3n) is 5.48. The summed E-state index contributed by atoms with van der Waals surface area (Å²) in [5, 5.41) is 15.3. The number of rotatable bonds is 8. The van der Waals surface area contributed by atoms with Gasteiger partial charge in [-0.15, -0.1) is 0 Å². The Kier molecular flexibility index (Phi) is 7.14. The molecule has 3 atom stereocenters. The lowest BCUT2D eigenvalue weighted by Crippen LogP contribution is -2.65. The van der Waals surface area contributed by atoms with Gasteiger partial charge in [-0.05, 0) is 50.1 Å². The minimum atomic E-state index is -1.16. The van der Waals surface area contributed by atoms with E-state index < -0.39 is 24.2 Å². The maximum atomic E-state index is 12.9. The van der Waals surface area contributed by atoms with Crippen LogP contribution >= 0.6 is 31.9 Å². The quantitative estimate of drug-likeness (QED) is 0.183. The number of amides is 1. The molecule has 14 heteroatoms. The maximum Gasteiger partial charge on any atom is 0.362 e. The number of nitrogens with one attached hydrogen (secondary N) is 5. The van der Waals surface area contributed by atoms with Gasteiger partial charge in [0.2, 0.25) is 0 Å². The Bertz CT molecular complexity index is 1270. The van der Waals surface area contributed by atoms with Crippen LogP contribution in [0.5, 0.6) is 5.75 Å². The van der Waals surface area contributed by atoms with Gasteiger partial charge < -0.3 is 31.2 Å². The number of H-pyrrole nitrogens is 3. The molecule has 0 saturated carbocycles. The zero-order valence-electron chi connectivity index (χ0n) is 18.2. The number of ketones is 1. The summed E-state index contributed by atoms with van der Waals surface area (Å²) in [6.07, 6.45) is 0.802. The maximum absolute atomic E-state index is 12.9. The van der Waals surface area contributed by atoms with Gasteiger partial charge in [0.1, 0.15) is 17.6 Å². The van der Waals surface area contributed by atoms with Gasteiger partial charge in [0.25, 0.3) is 5.91 Å². The smallest absolute Gasteiger partial charge is 0.362 e. The zero-order valence-corrected chi connectivity index (χ0v) is 21.3. The van der Waals surface area contributed by atoms with Crippen LogP contribution < -0.4 is 31.8 Å². The van der Waals surface area contributed by atoms with Crippen molar-refractivity contribution in [3.8, 4) is 5.75 Å². The minimum Gasteiger partial charge on any atom is -0.478 e. The molecule has 12 nitrogen and oxygen atoms in total. The Morgan fingerprint density at radius 2 is 2.06 bits per heavy atom. The highest BCUT2D eigenvalue weighted by Crippen LogP contribution is 2.39. The average molecular weight is 613 g/mol. The highest BCUT2D eigenvalue weighted by atomic mass is 79.9. The van der Waals surface area contributed by atoms with Crippen LogP contribution in [0, 0.1) is 0 Å². The normalized spacial score (nSPS) is 17.6. The summed E-state index contributed by atoms with van der Waals surface area (Å²) in [7, 11) is 0. The number of aliphatic carboxylic acids is 1. The van der Waals surface area contributed by atoms with Gasteiger partial charge >= 0.3 is 11.9 Å². The van der Waals surface area contributed by atoms with Crippen molar-refractivity contribution >= 4 is 61.2 Å². The molecule has 35 heavy (non-hydrogen) atoms. The second-order valence-corrected chi connectivity index (χ2v) is 9.62. The van der Waals surface area contributed by atoms with E-state index in [-0.39, 0.29) is 30.2 Å². The Hall–Kier alpha value is -3.36. The molecule has 3 aromatic rings. The Balaban J connectivity index is 1.61. The second-order valence-electron chi connectivity index (χ2n) is 7.97. The van der Waals surface area contributed by atoms with E-state index in [4.69, 9.17) is 15.6 Å². The van der Waals surface area contributed by atoms with Gasteiger partial charge in [-0.25, -0.2) is 14.8 Å². The van der Waals surface area contributed by atoms with Gasteiger partial charge in [0.05, 0.1) is 27.2 Å². The van der Waals surface area contributed by atoms with E-state index in [1.165, 1.54) is 0 Å². The summed E-state index contributed by atoms with van der Waals surface area (Å²) >= 11 is 6.65. The highest BCUT2D eigenvalue weighted by molar-refractivity contribution is 9.13. The number of imidazole rings is 1. The lowest BCUT2D eigenvalue weighted by Gasteiger charge is -2.34. The number of fused-ring (bicyclic) bond motifs is 1. The number of nitrogens with two attached hydrogens (primary N) is 1. The fourth-order valence-corrected chi connectivity index (χ4v) is 4.37. The molecule has 184 valence electrons. The van der Waals surface area contributed by atoms with E-state index >= 15 is 0 Å². The number of quaternary nitrogens is 1. The van der Waals surface area contributed by atoms with Crippen LogP contribution in [0.4, 0.5) is 11.6 Å². The van der Waals surface area contributed by atoms with Crippen molar-refractivity contribution in [2.75, 3.05) is 17.6 Å². The van der Waals surface area contributed by atoms with Gasteiger partial charge in [-0.1, -0.05) is 6.07 Å². The molecule has 1 aromatic carbocycles. The molecule has 0 fully saturated rings. The largest absolute Gasteiger partial charge is 0.478 e. The fraction of sp³-hybridized carbons (Fsp3) is 0.238. The minimum absolute atomic E-state index is 0.131. The number of anilines is 2. The van der Waals surface area contributed by atoms with Gasteiger partial charge in [-0.2, -0.15) is 0 Å². The number of carboxylic acids is 1. The van der Waals surface area contributed by atoms with Crippen LogP contribution in [-0.4, -0.2) is 51.4 Å². The van der Waals surface area contributed by atoms with E-state index in [0.29, 0.717) is 37.8 Å². The first kappa shape index (κ1) is 24.8. The number of para-hydroxylation sites is 1. The van der Waals surface area contributed by atoms with Crippen LogP contribution in [0.3, 0.4) is 0 Å². The summed E-state index contributed by atoms with van der Waals surface area (Å²) in [5.74, 6) is -1.15. The number of carboxylic acid groups (broad SMARTS) is 1. The van der Waals surface area contributed by atoms with E-state index in [1.54, 1.807) is 30.5 Å². The van der Waals surface area contributed by atoms with Crippen LogP contribution in [-0.2, 0) is 4.79 Å². The van der Waals surface area contributed by atoms with Crippen LogP contribution in [0.25, 0.3) is 0 Å². The molecule has 0 unspecified atom stereocenters. The standard InChI is InChI=1S/C21H21Br2N7O5/c22-9-4-11(29-18(9)23)19(32)26-6-12-17(13-7-27-21(25)30-13)35-15-3-1-2-8(16(15)28-12)14(31)5-10(24)20(33)34/h1-4,7,10,12,17,28-29H,5-6,24H2,(H,26,32)(H,33,34)(H3,25,27,30)/p+2/t10-,12+,17+/m0/s1. The predicted octanol–water partition coefficient (Wildman–Crippen LogP) is 0.876. The molecule has 4 rings (SSSR count). The molecule has 2 aromatic heterocycles. The van der Waals surface area contributed by atoms with Crippen molar-refractivity contribution in [1.82, 2.24) is 15.3 Å². The summed E-state index contributed by atoms with van der Waals surface area (Å²) in [4.78, 5) is 45.5. The number of aromatic nitrogens is 3. The Morgan fingerprint density at radius 3 is 2.69 bits per heavy atom. The zero-order chi connectivity index (χ0) is 25.3. The first-order valence-electron chi connectivity index (χ1n) is 10.5. The number of halogens is 2. The van der Waals surface area contributed by atoms with E-state index in [1.807, 2.05) is 0 Å². The molecule has 11 N–H and O–H groups in total. The third-order valence-corrected chi connectivity index (χ3v) is 7.26. The number of benzene rings is 1. The summed E-state index contributed by atoms with van der Waals surface area (Å²) in [6.45, 7) is 0.131.